The van der Waals surface area contributed by atoms with E-state index in [4.69, 9.17) is 110 Å². The average molecular weight is 2180 g/mol. The van der Waals surface area contributed by atoms with Gasteiger partial charge in [-0.05, 0) is 326 Å². The summed E-state index contributed by atoms with van der Waals surface area (Å²) in [6, 6.07) is 58.4. The summed E-state index contributed by atoms with van der Waals surface area (Å²) in [5, 5.41) is 19.8. The quantitative estimate of drug-likeness (QED) is 0.0231. The molecule has 0 spiro atoms. The molecule has 0 aromatic heterocycles. The van der Waals surface area contributed by atoms with Crippen molar-refractivity contribution in [3.63, 3.8) is 0 Å². The molecule has 0 aliphatic rings. The minimum atomic E-state index is -0.397. The van der Waals surface area contributed by atoms with E-state index in [0.29, 0.717) is 133 Å². The van der Waals surface area contributed by atoms with Crippen LogP contribution in [0.15, 0.2) is 193 Å². The van der Waals surface area contributed by atoms with Crippen molar-refractivity contribution in [3.8, 4) is 34.5 Å². The molecule has 0 bridgehead atoms. The number of halogens is 10. The van der Waals surface area contributed by atoms with Crippen LogP contribution in [0.2, 0.25) is 35.2 Å². The Morgan fingerprint density at radius 2 is 0.489 bits per heavy atom. The Balaban J connectivity index is 0.000000224. The molecular weight excluding hydrogens is 2060 g/mol. The number of ether oxygens (including phenoxy) is 6. The van der Waals surface area contributed by atoms with Crippen LogP contribution in [-0.2, 0) is 107 Å². The highest BCUT2D eigenvalue weighted by Crippen LogP contribution is 2.37. The first-order valence-corrected chi connectivity index (χ1v) is 48.4. The molecule has 0 unspecified atom stereocenters. The molecule has 0 saturated carbocycles. The van der Waals surface area contributed by atoms with Gasteiger partial charge in [-0.2, -0.15) is 0 Å². The van der Waals surface area contributed by atoms with Gasteiger partial charge in [0.15, 0.2) is 0 Å². The molecule has 18 nitrogen and oxygen atoms in total. The van der Waals surface area contributed by atoms with E-state index in [-0.39, 0.29) is 61.5 Å². The van der Waals surface area contributed by atoms with Gasteiger partial charge in [0.05, 0.1) is 68.7 Å². The van der Waals surface area contributed by atoms with Crippen molar-refractivity contribution in [1.29, 1.82) is 0 Å². The fourth-order valence-corrected chi connectivity index (χ4v) is 16.5. The van der Waals surface area contributed by atoms with E-state index < -0.39 is 5.82 Å². The highest BCUT2D eigenvalue weighted by Gasteiger charge is 2.21. The lowest BCUT2D eigenvalue weighted by atomic mass is 10.00. The molecule has 0 atom stereocenters. The Hall–Kier alpha value is -10.6. The molecule has 12 aromatic rings. The molecule has 28 heteroatoms. The number of hydrogen-bond acceptors (Lipinski definition) is 12. The van der Waals surface area contributed by atoms with Gasteiger partial charge in [0.25, 0.3) is 0 Å². The second-order valence-corrected chi connectivity index (χ2v) is 37.4. The fraction of sp³-hybridized carbons (Fsp3) is 0.284. The zero-order valence-electron chi connectivity index (χ0n) is 80.6. The Morgan fingerprint density at radius 3 is 0.839 bits per heavy atom. The second kappa shape index (κ2) is 56.5. The highest BCUT2D eigenvalue weighted by molar-refractivity contribution is 14.1. The zero-order valence-corrected chi connectivity index (χ0v) is 89.6. The van der Waals surface area contributed by atoms with Crippen molar-refractivity contribution in [3.05, 3.63) is 376 Å². The summed E-state index contributed by atoms with van der Waals surface area (Å²) in [5.41, 5.74) is 24.9. The Bertz CT molecular complexity index is 5540. The molecule has 0 aliphatic carbocycles. The van der Waals surface area contributed by atoms with Gasteiger partial charge in [0, 0.05) is 77.6 Å². The maximum Gasteiger partial charge on any atom is 0.224 e. The Labute approximate surface area is 862 Å². The first-order chi connectivity index (χ1) is 65.1. The lowest BCUT2D eigenvalue weighted by Gasteiger charge is -2.15. The number of carbonyl (C=O) groups excluding carboxylic acids is 6. The van der Waals surface area contributed by atoms with Crippen molar-refractivity contribution >= 4 is 155 Å². The van der Waals surface area contributed by atoms with Gasteiger partial charge < -0.3 is 60.3 Å². The fourth-order valence-electron chi connectivity index (χ4n) is 13.4. The number of hydrogen-bond donors (Lipinski definition) is 6. The van der Waals surface area contributed by atoms with Crippen LogP contribution in [-0.4, -0.2) is 77.7 Å². The number of aryl methyl sites for hydroxylation is 13. The largest absolute Gasteiger partial charge is 0.487 e. The summed E-state index contributed by atoms with van der Waals surface area (Å²) in [5.74, 6) is 3.04. The third-order valence-corrected chi connectivity index (χ3v) is 26.7. The van der Waals surface area contributed by atoms with Crippen LogP contribution in [0.25, 0.3) is 0 Å². The van der Waals surface area contributed by atoms with Gasteiger partial charge in [-0.3, -0.25) is 28.8 Å². The molecule has 726 valence electrons. The first-order valence-electron chi connectivity index (χ1n) is 43.9. The number of carbonyl (C=O) groups is 6. The molecule has 6 N–H and O–H groups in total. The molecule has 0 radical (unpaired) electrons. The van der Waals surface area contributed by atoms with Gasteiger partial charge in [-0.1, -0.05) is 188 Å². The van der Waals surface area contributed by atoms with E-state index in [1.165, 1.54) is 6.07 Å². The standard InChI is InChI=1S/C19H22ClNO2.C18H19BrClNO2.C18H19Cl2NO2.C18H19ClFNO2.C18H19ClINO2.C18H20ClNO2/c1-12-6-5-7-15(10-19(22)21-4)16(12)11-23-18-9-14(3)13(2)8-17(18)20;2*1-11-7-16(20)17(8-12(11)2)23-10-14-13(9-18(22)21-3)5-4-6-15(14)19;2*1-11-7-15(19)17(8-12(11)2)23-10-14-13(9-18(22)21-3)5-4-6-16(14)20;1-12-8-16(19)17(9-13(12)2)22-11-15-7-5-4-6-14(15)10-18(21)20-3/h5-9H,10-11H2,1-4H3,(H,21,22);4*4-8H,9-10H2,1-3H3,(H,21,22);4-9H,10-11H2,1-3H3,(H,20,21). The van der Waals surface area contributed by atoms with E-state index in [0.717, 1.165) is 136 Å². The summed E-state index contributed by atoms with van der Waals surface area (Å²) in [6.45, 7) is 27.9. The summed E-state index contributed by atoms with van der Waals surface area (Å²) < 4.78 is 51.2. The van der Waals surface area contributed by atoms with Crippen molar-refractivity contribution in [2.45, 2.75) is 168 Å². The third-order valence-electron chi connectivity index (χ3n) is 22.8. The van der Waals surface area contributed by atoms with Crippen LogP contribution in [0.4, 0.5) is 4.39 Å². The first kappa shape index (κ1) is 113. The molecule has 0 aliphatic heterocycles. The molecule has 0 saturated heterocycles. The molecular formula is C109H118BrCl7FIN6O12. The van der Waals surface area contributed by atoms with Crippen LogP contribution in [0, 0.1) is 99.4 Å². The van der Waals surface area contributed by atoms with E-state index in [9.17, 15) is 33.2 Å². The molecule has 0 heterocycles. The van der Waals surface area contributed by atoms with Crippen molar-refractivity contribution in [1.82, 2.24) is 31.9 Å². The third kappa shape index (κ3) is 35.4. The van der Waals surface area contributed by atoms with Crippen LogP contribution >= 0.6 is 120 Å². The van der Waals surface area contributed by atoms with Gasteiger partial charge in [-0.15, -0.1) is 0 Å². The molecule has 0 fully saturated rings. The molecule has 137 heavy (non-hydrogen) atoms. The van der Waals surface area contributed by atoms with E-state index in [2.05, 4.69) is 70.4 Å². The van der Waals surface area contributed by atoms with Crippen LogP contribution in [0.5, 0.6) is 34.5 Å². The van der Waals surface area contributed by atoms with E-state index in [1.807, 2.05) is 254 Å². The maximum atomic E-state index is 14.1. The predicted molar refractivity (Wildman–Crippen MR) is 567 cm³/mol. The summed E-state index contributed by atoms with van der Waals surface area (Å²) >= 11 is 49.5. The van der Waals surface area contributed by atoms with Crippen LogP contribution < -0.4 is 60.3 Å². The van der Waals surface area contributed by atoms with Crippen LogP contribution in [0.1, 0.15) is 139 Å². The predicted octanol–water partition coefficient (Wildman–Crippen LogP) is 25.4. The lowest BCUT2D eigenvalue weighted by molar-refractivity contribution is -0.120. The number of nitrogens with one attached hydrogen (secondary N) is 6. The minimum Gasteiger partial charge on any atom is -0.487 e. The number of rotatable bonds is 30. The topological polar surface area (TPSA) is 230 Å². The van der Waals surface area contributed by atoms with Gasteiger partial charge in [0.1, 0.15) is 80.0 Å². The summed E-state index contributed by atoms with van der Waals surface area (Å²) in [6.07, 6.45) is 1.71. The monoisotopic (exact) mass is 2170 g/mol. The molecule has 12 rings (SSSR count). The summed E-state index contributed by atoms with van der Waals surface area (Å²) in [7, 11) is 9.70. The zero-order chi connectivity index (χ0) is 101. The van der Waals surface area contributed by atoms with Gasteiger partial charge in [-0.25, -0.2) is 4.39 Å². The lowest BCUT2D eigenvalue weighted by Crippen LogP contribution is -2.21. The van der Waals surface area contributed by atoms with Gasteiger partial charge >= 0.3 is 0 Å². The number of amides is 6. The number of likely N-dealkylation sites (N-methyl/N-ethyl adjacent to an activating group) is 6. The smallest absolute Gasteiger partial charge is 0.224 e. The molecule has 12 aromatic carbocycles. The maximum absolute atomic E-state index is 14.1. The van der Waals surface area contributed by atoms with Crippen molar-refractivity contribution in [2.75, 3.05) is 42.3 Å². The molecule has 6 amide bonds. The van der Waals surface area contributed by atoms with Crippen LogP contribution in [0.3, 0.4) is 0 Å². The number of benzene rings is 12. The van der Waals surface area contributed by atoms with E-state index >= 15 is 0 Å². The summed E-state index contributed by atoms with van der Waals surface area (Å²) in [4.78, 5) is 69.8. The van der Waals surface area contributed by atoms with Gasteiger partial charge in [0.2, 0.25) is 35.4 Å². The highest BCUT2D eigenvalue weighted by atomic mass is 127. The SMILES string of the molecule is CNC(=O)Cc1cccc(Br)c1COc1cc(C)c(C)cc1Cl.CNC(=O)Cc1cccc(C)c1COc1cc(C)c(C)cc1Cl.CNC(=O)Cc1cccc(Cl)c1COc1cc(C)c(C)cc1Cl.CNC(=O)Cc1cccc(F)c1COc1cc(C)c(C)cc1Cl.CNC(=O)Cc1cccc(I)c1COc1cc(C)c(C)cc1Cl.CNC(=O)Cc1ccccc1COc1cc(C)c(C)cc1Cl. The minimum absolute atomic E-state index is 0.0129. The second-order valence-electron chi connectivity index (χ2n) is 32.5. The Morgan fingerprint density at radius 1 is 0.255 bits per heavy atom. The van der Waals surface area contributed by atoms with Crippen molar-refractivity contribution in [2.24, 2.45) is 0 Å². The van der Waals surface area contributed by atoms with E-state index in [1.54, 1.807) is 60.5 Å². The average Bonchev–Trinajstić information content (AvgIpc) is 0.837. The van der Waals surface area contributed by atoms with Crippen molar-refractivity contribution < 1.29 is 61.6 Å². The Kier molecular flexibility index (Phi) is 46.8. The normalized spacial score (nSPS) is 10.5.